The molecule has 212 valence electrons. The summed E-state index contributed by atoms with van der Waals surface area (Å²) >= 11 is 0. The van der Waals surface area contributed by atoms with Gasteiger partial charge in [-0.05, 0) is 91.4 Å². The Balaban J connectivity index is 1.55. The van der Waals surface area contributed by atoms with Crippen LogP contribution in [0.4, 0.5) is 35.1 Å². The van der Waals surface area contributed by atoms with E-state index in [4.69, 9.17) is 0 Å². The molecule has 0 radical (unpaired) electrons. The topological polar surface area (TPSA) is 37.3 Å². The number of fused-ring (bicyclic) bond motifs is 4. The molecule has 0 aromatic carbocycles. The molecule has 0 spiro atoms. The fourth-order valence-corrected chi connectivity index (χ4v) is 8.41. The predicted molar refractivity (Wildman–Crippen MR) is 121 cm³/mol. The van der Waals surface area contributed by atoms with Crippen LogP contribution < -0.4 is 0 Å². The summed E-state index contributed by atoms with van der Waals surface area (Å²) in [5.41, 5.74) is -5.20. The summed E-state index contributed by atoms with van der Waals surface area (Å²) in [6.45, 7) is 5.67. The van der Waals surface area contributed by atoms with Crippen LogP contribution in [0.2, 0.25) is 0 Å². The second-order valence-corrected chi connectivity index (χ2v) is 12.6. The summed E-state index contributed by atoms with van der Waals surface area (Å²) in [7, 11) is 0. The Morgan fingerprint density at radius 3 is 2.22 bits per heavy atom. The molecule has 0 aliphatic heterocycles. The molecule has 4 aliphatic carbocycles. The quantitative estimate of drug-likeness (QED) is 0.358. The van der Waals surface area contributed by atoms with Gasteiger partial charge in [0.1, 0.15) is 6.17 Å². The number of alkyl halides is 8. The molecule has 10 heteroatoms. The second kappa shape index (κ2) is 9.19. The number of ketones is 1. The number of halogens is 8. The second-order valence-electron chi connectivity index (χ2n) is 12.6. The molecule has 3 saturated carbocycles. The highest BCUT2D eigenvalue weighted by Crippen LogP contribution is 2.65. The molecule has 4 rings (SSSR count). The van der Waals surface area contributed by atoms with Crippen molar-refractivity contribution in [2.75, 3.05) is 0 Å². The van der Waals surface area contributed by atoms with Crippen molar-refractivity contribution in [3.05, 3.63) is 11.1 Å². The largest absolute Gasteiger partial charge is 0.431 e. The van der Waals surface area contributed by atoms with E-state index in [1.165, 1.54) is 0 Å². The van der Waals surface area contributed by atoms with Crippen molar-refractivity contribution >= 4 is 5.78 Å². The highest BCUT2D eigenvalue weighted by molar-refractivity contribution is 6.00. The molecule has 0 aromatic rings. The van der Waals surface area contributed by atoms with Gasteiger partial charge in [-0.1, -0.05) is 27.2 Å². The Labute approximate surface area is 212 Å². The van der Waals surface area contributed by atoms with Crippen LogP contribution in [0.3, 0.4) is 0 Å². The number of hydrogen-bond donors (Lipinski definition) is 1. The summed E-state index contributed by atoms with van der Waals surface area (Å²) in [6.07, 6.45) is -13.0. The highest BCUT2D eigenvalue weighted by atomic mass is 19.4. The molecule has 0 amide bonds. The third-order valence-corrected chi connectivity index (χ3v) is 10.6. The number of aliphatic hydroxyl groups is 1. The molecule has 37 heavy (non-hydrogen) atoms. The normalized spacial score (nSPS) is 39.8. The van der Waals surface area contributed by atoms with Crippen LogP contribution in [-0.4, -0.2) is 41.2 Å². The summed E-state index contributed by atoms with van der Waals surface area (Å²) < 4.78 is 107. The van der Waals surface area contributed by atoms with Gasteiger partial charge >= 0.3 is 12.4 Å². The maximum Gasteiger partial charge on any atom is 0.431 e. The Hall–Kier alpha value is -1.19. The van der Waals surface area contributed by atoms with Crippen molar-refractivity contribution in [2.45, 2.75) is 115 Å². The fraction of sp³-hybridized carbons (Fsp3) is 0.889. The number of hydrogen-bond acceptors (Lipinski definition) is 2. The molecule has 0 saturated heterocycles. The lowest BCUT2D eigenvalue weighted by molar-refractivity contribution is -0.343. The lowest BCUT2D eigenvalue weighted by atomic mass is 9.48. The zero-order chi connectivity index (χ0) is 27.8. The van der Waals surface area contributed by atoms with E-state index in [0.717, 1.165) is 6.42 Å². The molecule has 2 nitrogen and oxygen atoms in total. The van der Waals surface area contributed by atoms with Crippen LogP contribution in [0, 0.1) is 34.5 Å². The zero-order valence-electron chi connectivity index (χ0n) is 21.4. The molecular weight excluding hydrogens is 508 g/mol. The van der Waals surface area contributed by atoms with E-state index in [2.05, 4.69) is 6.92 Å². The van der Waals surface area contributed by atoms with Crippen molar-refractivity contribution in [2.24, 2.45) is 34.5 Å². The van der Waals surface area contributed by atoms with Crippen molar-refractivity contribution in [3.63, 3.8) is 0 Å². The van der Waals surface area contributed by atoms with Gasteiger partial charge in [0.2, 0.25) is 0 Å². The van der Waals surface area contributed by atoms with Gasteiger partial charge in [-0.25, -0.2) is 8.78 Å². The Kier molecular flexibility index (Phi) is 7.15. The lowest BCUT2D eigenvalue weighted by Gasteiger charge is -2.57. The number of Topliss-reactive ketones (excluding diaryl/α,β-unsaturated/α-hetero) is 1. The van der Waals surface area contributed by atoms with E-state index >= 15 is 4.39 Å². The standard InChI is InChI=1S/C27H36F8O2/c1-14(5-4-8-25(29,26(30,31)32)27(33,34)35)18-13-20(37)22-21-17(7-10-24(18,22)3)23(2)9-6-16(36)11-15(23)12-19(21)28/h14-19,36H,4-13H2,1-3H3/t14-,15-,16?,17+,18-,19-,23+,24-/m1/s1. The molecule has 0 heterocycles. The van der Waals surface area contributed by atoms with Crippen molar-refractivity contribution in [1.82, 2.24) is 0 Å². The van der Waals surface area contributed by atoms with Gasteiger partial charge in [-0.3, -0.25) is 4.79 Å². The van der Waals surface area contributed by atoms with E-state index in [1.807, 2.05) is 6.92 Å². The summed E-state index contributed by atoms with van der Waals surface area (Å²) in [5, 5.41) is 10.1. The monoisotopic (exact) mass is 544 g/mol. The van der Waals surface area contributed by atoms with Gasteiger partial charge in [0.15, 0.2) is 5.78 Å². The van der Waals surface area contributed by atoms with Crippen LogP contribution in [0.5, 0.6) is 0 Å². The SMILES string of the molecule is C[C@H](CCCC(F)(C(F)(F)F)C(F)(F)F)[C@H]1CC(=O)C2=C3[C@H](F)C[C@H]4CC(O)CC[C@]4(C)[C@H]3CC[C@@]21C. The summed E-state index contributed by atoms with van der Waals surface area (Å²) in [4.78, 5) is 13.3. The Bertz CT molecular complexity index is 926. The smallest absolute Gasteiger partial charge is 0.393 e. The van der Waals surface area contributed by atoms with Crippen molar-refractivity contribution in [1.29, 1.82) is 0 Å². The van der Waals surface area contributed by atoms with Gasteiger partial charge in [0.05, 0.1) is 6.10 Å². The molecule has 8 atom stereocenters. The van der Waals surface area contributed by atoms with Gasteiger partial charge in [0.25, 0.3) is 5.67 Å². The number of carbonyl (C=O) groups excluding carboxylic acids is 1. The van der Waals surface area contributed by atoms with Crippen LogP contribution in [0.25, 0.3) is 0 Å². The molecule has 4 aliphatic rings. The minimum atomic E-state index is -6.07. The van der Waals surface area contributed by atoms with Crippen LogP contribution in [0.1, 0.15) is 85.0 Å². The Morgan fingerprint density at radius 2 is 1.62 bits per heavy atom. The molecular formula is C27H36F8O2. The first-order valence-electron chi connectivity index (χ1n) is 13.3. The number of allylic oxidation sites excluding steroid dienone is 2. The van der Waals surface area contributed by atoms with Gasteiger partial charge < -0.3 is 5.11 Å². The average Bonchev–Trinajstić information content (AvgIpc) is 3.04. The minimum Gasteiger partial charge on any atom is -0.393 e. The number of aliphatic hydroxyl groups excluding tert-OH is 1. The van der Waals surface area contributed by atoms with E-state index in [0.29, 0.717) is 36.8 Å². The first kappa shape index (κ1) is 28.8. The fourth-order valence-electron chi connectivity index (χ4n) is 8.41. The third-order valence-electron chi connectivity index (χ3n) is 10.6. The summed E-state index contributed by atoms with van der Waals surface area (Å²) in [6, 6.07) is 0. The van der Waals surface area contributed by atoms with Crippen LogP contribution in [0.15, 0.2) is 11.1 Å². The van der Waals surface area contributed by atoms with Crippen molar-refractivity contribution < 1.29 is 45.0 Å². The van der Waals surface area contributed by atoms with E-state index in [-0.39, 0.29) is 48.2 Å². The van der Waals surface area contributed by atoms with Gasteiger partial charge in [0, 0.05) is 12.0 Å². The number of rotatable bonds is 5. The van der Waals surface area contributed by atoms with E-state index < -0.39 is 54.5 Å². The molecule has 1 unspecified atom stereocenters. The maximum atomic E-state index is 15.7. The summed E-state index contributed by atoms with van der Waals surface area (Å²) in [5.74, 6) is -1.10. The predicted octanol–water partition coefficient (Wildman–Crippen LogP) is 7.84. The molecule has 0 bridgehead atoms. The van der Waals surface area contributed by atoms with Crippen molar-refractivity contribution in [3.8, 4) is 0 Å². The van der Waals surface area contributed by atoms with Crippen LogP contribution >= 0.6 is 0 Å². The lowest BCUT2D eigenvalue weighted by Crippen LogP contribution is -2.53. The first-order valence-corrected chi connectivity index (χ1v) is 13.3. The maximum absolute atomic E-state index is 15.7. The van der Waals surface area contributed by atoms with Crippen LogP contribution in [-0.2, 0) is 4.79 Å². The molecule has 1 N–H and O–H groups in total. The zero-order valence-corrected chi connectivity index (χ0v) is 21.4. The third kappa shape index (κ3) is 4.45. The first-order chi connectivity index (χ1) is 16.9. The van der Waals surface area contributed by atoms with Gasteiger partial charge in [-0.2, -0.15) is 26.3 Å². The average molecular weight is 545 g/mol. The molecule has 3 fully saturated rings. The minimum absolute atomic E-state index is 0.0133. The highest BCUT2D eigenvalue weighted by Gasteiger charge is 2.71. The number of carbonyl (C=O) groups is 1. The van der Waals surface area contributed by atoms with Gasteiger partial charge in [-0.15, -0.1) is 0 Å². The Morgan fingerprint density at radius 1 is 1.00 bits per heavy atom. The van der Waals surface area contributed by atoms with E-state index in [9.17, 15) is 40.6 Å². The van der Waals surface area contributed by atoms with E-state index in [1.54, 1.807) is 6.92 Å². The molecule has 0 aromatic heterocycles.